The second kappa shape index (κ2) is 7.05. The first-order valence-corrected chi connectivity index (χ1v) is 8.62. The molecule has 1 aliphatic heterocycles. The van der Waals surface area contributed by atoms with E-state index in [0.717, 1.165) is 11.3 Å². The molecule has 0 saturated carbocycles. The van der Waals surface area contributed by atoms with Crippen LogP contribution >= 0.6 is 35.0 Å². The number of aromatic nitrogens is 2. The molecule has 1 unspecified atom stereocenters. The standard InChI is InChI=1S/C15H14Cl2N4OS/c16-10-2-1-3-11(17)14(10)23-13-5-4-12(19-20-13)15(22)21-7-6-9(18)8-21/h1-5,9H,6-8,18H2. The van der Waals surface area contributed by atoms with Gasteiger partial charge in [0.15, 0.2) is 5.69 Å². The number of rotatable bonds is 3. The fraction of sp³-hybridized carbons (Fsp3) is 0.267. The molecule has 1 saturated heterocycles. The first kappa shape index (κ1) is 16.5. The minimum atomic E-state index is -0.141. The summed E-state index contributed by atoms with van der Waals surface area (Å²) in [6, 6.07) is 8.75. The molecule has 23 heavy (non-hydrogen) atoms. The van der Waals surface area contributed by atoms with Crippen LogP contribution in [0.4, 0.5) is 0 Å². The molecule has 2 aromatic rings. The van der Waals surface area contributed by atoms with Crippen molar-refractivity contribution in [3.05, 3.63) is 46.1 Å². The lowest BCUT2D eigenvalue weighted by atomic mass is 10.3. The van der Waals surface area contributed by atoms with Gasteiger partial charge in [0.25, 0.3) is 5.91 Å². The van der Waals surface area contributed by atoms with E-state index in [0.29, 0.717) is 33.9 Å². The van der Waals surface area contributed by atoms with Crippen molar-refractivity contribution in [1.82, 2.24) is 15.1 Å². The maximum Gasteiger partial charge on any atom is 0.274 e. The summed E-state index contributed by atoms with van der Waals surface area (Å²) in [7, 11) is 0. The second-order valence-corrected chi connectivity index (χ2v) is 7.05. The summed E-state index contributed by atoms with van der Waals surface area (Å²) in [6.45, 7) is 1.22. The third kappa shape index (κ3) is 3.77. The highest BCUT2D eigenvalue weighted by Gasteiger charge is 2.25. The van der Waals surface area contributed by atoms with Crippen molar-refractivity contribution in [3.8, 4) is 0 Å². The maximum absolute atomic E-state index is 12.3. The highest BCUT2D eigenvalue weighted by molar-refractivity contribution is 7.99. The van der Waals surface area contributed by atoms with Gasteiger partial charge in [-0.05, 0) is 30.7 Å². The van der Waals surface area contributed by atoms with E-state index in [1.165, 1.54) is 11.8 Å². The van der Waals surface area contributed by atoms with E-state index < -0.39 is 0 Å². The Morgan fingerprint density at radius 1 is 1.22 bits per heavy atom. The fourth-order valence-corrected chi connectivity index (χ4v) is 3.69. The smallest absolute Gasteiger partial charge is 0.274 e. The summed E-state index contributed by atoms with van der Waals surface area (Å²) in [5.41, 5.74) is 6.13. The number of nitrogens with zero attached hydrogens (tertiary/aromatic N) is 3. The molecule has 0 aliphatic carbocycles. The van der Waals surface area contributed by atoms with Crippen LogP contribution in [0.3, 0.4) is 0 Å². The summed E-state index contributed by atoms with van der Waals surface area (Å²) < 4.78 is 0. The molecule has 0 radical (unpaired) electrons. The molecule has 0 spiro atoms. The van der Waals surface area contributed by atoms with Crippen LogP contribution in [-0.2, 0) is 0 Å². The third-order valence-corrected chi connectivity index (χ3v) is 5.42. The van der Waals surface area contributed by atoms with Gasteiger partial charge < -0.3 is 10.6 Å². The van der Waals surface area contributed by atoms with Crippen LogP contribution < -0.4 is 5.73 Å². The van der Waals surface area contributed by atoms with Gasteiger partial charge in [-0.3, -0.25) is 4.79 Å². The first-order chi connectivity index (χ1) is 11.0. The Hall–Kier alpha value is -1.34. The van der Waals surface area contributed by atoms with E-state index in [9.17, 15) is 4.79 Å². The molecule has 3 rings (SSSR count). The number of amides is 1. The van der Waals surface area contributed by atoms with Crippen LogP contribution in [0, 0.1) is 0 Å². The Balaban J connectivity index is 1.73. The van der Waals surface area contributed by atoms with Gasteiger partial charge >= 0.3 is 0 Å². The van der Waals surface area contributed by atoms with E-state index in [1.54, 1.807) is 35.2 Å². The molecule has 0 bridgehead atoms. The van der Waals surface area contributed by atoms with Crippen LogP contribution in [0.15, 0.2) is 40.3 Å². The van der Waals surface area contributed by atoms with Crippen LogP contribution in [0.5, 0.6) is 0 Å². The molecule has 5 nitrogen and oxygen atoms in total. The lowest BCUT2D eigenvalue weighted by molar-refractivity contribution is 0.0783. The Bertz CT molecular complexity index is 706. The number of halogens is 2. The zero-order chi connectivity index (χ0) is 16.4. The van der Waals surface area contributed by atoms with Gasteiger partial charge in [-0.15, -0.1) is 10.2 Å². The van der Waals surface area contributed by atoms with Gasteiger partial charge in [0.2, 0.25) is 0 Å². The van der Waals surface area contributed by atoms with Gasteiger partial charge in [0.1, 0.15) is 5.03 Å². The molecular weight excluding hydrogens is 355 g/mol. The van der Waals surface area contributed by atoms with E-state index in [1.807, 2.05) is 0 Å². The number of carbonyl (C=O) groups is 1. The molecule has 120 valence electrons. The number of benzene rings is 1. The van der Waals surface area contributed by atoms with E-state index in [4.69, 9.17) is 28.9 Å². The number of likely N-dealkylation sites (tertiary alicyclic amines) is 1. The number of hydrogen-bond acceptors (Lipinski definition) is 5. The van der Waals surface area contributed by atoms with Crippen molar-refractivity contribution in [2.75, 3.05) is 13.1 Å². The van der Waals surface area contributed by atoms with E-state index in [-0.39, 0.29) is 11.9 Å². The largest absolute Gasteiger partial charge is 0.336 e. The molecule has 1 atom stereocenters. The minimum absolute atomic E-state index is 0.0455. The number of carbonyl (C=O) groups excluding carboxylic acids is 1. The lowest BCUT2D eigenvalue weighted by Gasteiger charge is -2.14. The zero-order valence-corrected chi connectivity index (χ0v) is 14.4. The van der Waals surface area contributed by atoms with Gasteiger partial charge in [-0.2, -0.15) is 0 Å². The monoisotopic (exact) mass is 368 g/mol. The molecule has 2 heterocycles. The lowest BCUT2D eigenvalue weighted by Crippen LogP contribution is -2.32. The Morgan fingerprint density at radius 3 is 2.52 bits per heavy atom. The predicted molar refractivity (Wildman–Crippen MR) is 91.1 cm³/mol. The number of hydrogen-bond donors (Lipinski definition) is 1. The summed E-state index contributed by atoms with van der Waals surface area (Å²) in [5.74, 6) is -0.141. The molecule has 1 aliphatic rings. The molecule has 1 aromatic carbocycles. The van der Waals surface area contributed by atoms with Crippen LogP contribution in [0.25, 0.3) is 0 Å². The van der Waals surface area contributed by atoms with Crippen molar-refractivity contribution in [2.24, 2.45) is 5.73 Å². The first-order valence-electron chi connectivity index (χ1n) is 7.05. The molecule has 1 aromatic heterocycles. The van der Waals surface area contributed by atoms with Crippen LogP contribution in [-0.4, -0.2) is 40.1 Å². The zero-order valence-electron chi connectivity index (χ0n) is 12.1. The quantitative estimate of drug-likeness (QED) is 0.900. The molecular formula is C15H14Cl2N4OS. The van der Waals surface area contributed by atoms with E-state index >= 15 is 0 Å². The van der Waals surface area contributed by atoms with E-state index in [2.05, 4.69) is 10.2 Å². The van der Waals surface area contributed by atoms with Gasteiger partial charge in [0, 0.05) is 19.1 Å². The number of nitrogens with two attached hydrogens (primary N) is 1. The summed E-state index contributed by atoms with van der Waals surface area (Å²) in [5, 5.41) is 9.82. The topological polar surface area (TPSA) is 72.1 Å². The van der Waals surface area contributed by atoms with Gasteiger partial charge in [-0.25, -0.2) is 0 Å². The Kier molecular flexibility index (Phi) is 5.06. The summed E-state index contributed by atoms with van der Waals surface area (Å²) >= 11 is 13.6. The molecule has 1 fully saturated rings. The van der Waals surface area contributed by atoms with Crippen molar-refractivity contribution < 1.29 is 4.79 Å². The van der Waals surface area contributed by atoms with Crippen LogP contribution in [0.2, 0.25) is 10.0 Å². The molecule has 2 N–H and O–H groups in total. The van der Waals surface area contributed by atoms with Crippen molar-refractivity contribution in [1.29, 1.82) is 0 Å². The van der Waals surface area contributed by atoms with Crippen molar-refractivity contribution >= 4 is 40.9 Å². The van der Waals surface area contributed by atoms with Gasteiger partial charge in [0.05, 0.1) is 14.9 Å². The Labute approximate surface area is 148 Å². The fourth-order valence-electron chi connectivity index (χ4n) is 2.31. The third-order valence-electron chi connectivity index (χ3n) is 3.50. The predicted octanol–water partition coefficient (Wildman–Crippen LogP) is 3.11. The van der Waals surface area contributed by atoms with Crippen molar-refractivity contribution in [3.63, 3.8) is 0 Å². The summed E-state index contributed by atoms with van der Waals surface area (Å²) in [6.07, 6.45) is 0.818. The highest BCUT2D eigenvalue weighted by Crippen LogP contribution is 2.37. The molecule has 1 amide bonds. The maximum atomic E-state index is 12.3. The summed E-state index contributed by atoms with van der Waals surface area (Å²) in [4.78, 5) is 14.7. The highest BCUT2D eigenvalue weighted by atomic mass is 35.5. The Morgan fingerprint density at radius 2 is 1.96 bits per heavy atom. The van der Waals surface area contributed by atoms with Gasteiger partial charge in [-0.1, -0.05) is 41.0 Å². The SMILES string of the molecule is NC1CCN(C(=O)c2ccc(Sc3c(Cl)cccc3Cl)nn2)C1. The minimum Gasteiger partial charge on any atom is -0.336 e. The van der Waals surface area contributed by atoms with Crippen molar-refractivity contribution in [2.45, 2.75) is 22.4 Å². The average molecular weight is 369 g/mol. The second-order valence-electron chi connectivity index (χ2n) is 5.21. The normalized spacial score (nSPS) is 17.5. The molecule has 8 heteroatoms. The van der Waals surface area contributed by atoms with Crippen LogP contribution in [0.1, 0.15) is 16.9 Å². The average Bonchev–Trinajstić information content (AvgIpc) is 2.97.